The van der Waals surface area contributed by atoms with Crippen molar-refractivity contribution < 1.29 is 0 Å². The Bertz CT molecular complexity index is 192. The van der Waals surface area contributed by atoms with Crippen molar-refractivity contribution in [2.75, 3.05) is 7.05 Å². The molecule has 0 bridgehead atoms. The molecule has 1 saturated heterocycles. The van der Waals surface area contributed by atoms with Crippen LogP contribution >= 0.6 is 0 Å². The fourth-order valence-corrected chi connectivity index (χ4v) is 5.18. The molecular weight excluding hydrogens is 200 g/mol. The van der Waals surface area contributed by atoms with Crippen LogP contribution in [0.25, 0.3) is 0 Å². The molecule has 0 spiro atoms. The predicted octanol–water partition coefficient (Wildman–Crippen LogP) is 2.08. The van der Waals surface area contributed by atoms with Gasteiger partial charge in [-0.2, -0.15) is 0 Å². The molecular formula is C12H26N2Si. The van der Waals surface area contributed by atoms with Crippen LogP contribution in [0.3, 0.4) is 0 Å². The number of nitrogens with zero attached hydrogens (tertiary/aromatic N) is 2. The molecule has 0 aromatic rings. The Morgan fingerprint density at radius 1 is 1.20 bits per heavy atom. The van der Waals surface area contributed by atoms with Crippen molar-refractivity contribution in [1.82, 2.24) is 9.13 Å². The lowest BCUT2D eigenvalue weighted by molar-refractivity contribution is 0.0533. The van der Waals surface area contributed by atoms with E-state index >= 15 is 0 Å². The summed E-state index contributed by atoms with van der Waals surface area (Å²) in [5, 5.41) is 0. The van der Waals surface area contributed by atoms with Gasteiger partial charge in [0.05, 0.1) is 6.17 Å². The molecule has 0 aromatic carbocycles. The first-order valence-electron chi connectivity index (χ1n) is 6.79. The third-order valence-electron chi connectivity index (χ3n) is 4.14. The lowest BCUT2D eigenvalue weighted by Gasteiger charge is -2.54. The van der Waals surface area contributed by atoms with E-state index in [0.717, 1.165) is 12.2 Å². The van der Waals surface area contributed by atoms with Crippen LogP contribution in [-0.2, 0) is 0 Å². The Morgan fingerprint density at radius 3 is 2.53 bits per heavy atom. The van der Waals surface area contributed by atoms with Crippen molar-refractivity contribution in [2.45, 2.75) is 70.5 Å². The highest BCUT2D eigenvalue weighted by atomic mass is 28.2. The van der Waals surface area contributed by atoms with Gasteiger partial charge in [0.1, 0.15) is 0 Å². The molecule has 2 fully saturated rings. The Labute approximate surface area is 97.0 Å². The normalized spacial score (nSPS) is 32.0. The molecule has 0 N–H and O–H groups in total. The van der Waals surface area contributed by atoms with Crippen LogP contribution in [0.2, 0.25) is 0 Å². The van der Waals surface area contributed by atoms with Crippen molar-refractivity contribution in [3.8, 4) is 0 Å². The molecule has 1 aliphatic heterocycles. The van der Waals surface area contributed by atoms with Gasteiger partial charge in [-0.05, 0) is 26.3 Å². The average Bonchev–Trinajstić information content (AvgIpc) is 2.27. The summed E-state index contributed by atoms with van der Waals surface area (Å²) in [5.74, 6) is 0. The molecule has 15 heavy (non-hydrogen) atoms. The van der Waals surface area contributed by atoms with Gasteiger partial charge in [-0.25, -0.2) is 0 Å². The molecule has 1 saturated carbocycles. The van der Waals surface area contributed by atoms with Gasteiger partial charge in [-0.1, -0.05) is 39.0 Å². The maximum Gasteiger partial charge on any atom is 0.175 e. The first kappa shape index (κ1) is 11.6. The minimum atomic E-state index is -0.0103. The molecule has 2 rings (SSSR count). The van der Waals surface area contributed by atoms with Crippen molar-refractivity contribution in [3.63, 3.8) is 0 Å². The van der Waals surface area contributed by atoms with Gasteiger partial charge < -0.3 is 4.57 Å². The van der Waals surface area contributed by atoms with E-state index in [1.165, 1.54) is 51.4 Å². The van der Waals surface area contributed by atoms with E-state index in [1.807, 2.05) is 0 Å². The zero-order valence-electron chi connectivity index (χ0n) is 10.4. The summed E-state index contributed by atoms with van der Waals surface area (Å²) in [7, 11) is 2.33. The summed E-state index contributed by atoms with van der Waals surface area (Å²) < 4.78 is 5.55. The third kappa shape index (κ3) is 2.63. The predicted molar refractivity (Wildman–Crippen MR) is 68.3 cm³/mol. The molecule has 2 aliphatic rings. The fourth-order valence-electron chi connectivity index (χ4n) is 3.15. The molecule has 0 aromatic heterocycles. The van der Waals surface area contributed by atoms with Gasteiger partial charge in [0.25, 0.3) is 0 Å². The van der Waals surface area contributed by atoms with Crippen LogP contribution in [0, 0.1) is 0 Å². The summed E-state index contributed by atoms with van der Waals surface area (Å²) >= 11 is 0. The number of hydrogen-bond donors (Lipinski definition) is 0. The molecule has 0 amide bonds. The van der Waals surface area contributed by atoms with Gasteiger partial charge >= 0.3 is 0 Å². The Hall–Kier alpha value is 0.137. The summed E-state index contributed by atoms with van der Waals surface area (Å²) in [6.45, 7) is 2.31. The van der Waals surface area contributed by atoms with E-state index < -0.39 is 0 Å². The SMILES string of the molecule is CCCCC1N(C)[SiH2]N1C1CCCCC1. The monoisotopic (exact) mass is 226 g/mol. The van der Waals surface area contributed by atoms with Crippen molar-refractivity contribution >= 4 is 9.84 Å². The van der Waals surface area contributed by atoms with Crippen LogP contribution < -0.4 is 0 Å². The van der Waals surface area contributed by atoms with Gasteiger partial charge in [0.15, 0.2) is 9.84 Å². The number of rotatable bonds is 4. The van der Waals surface area contributed by atoms with Crippen LogP contribution in [0.4, 0.5) is 0 Å². The van der Waals surface area contributed by atoms with Gasteiger partial charge in [0, 0.05) is 6.04 Å². The van der Waals surface area contributed by atoms with Crippen LogP contribution in [0.15, 0.2) is 0 Å². The van der Waals surface area contributed by atoms with Gasteiger partial charge in [0.2, 0.25) is 0 Å². The smallest absolute Gasteiger partial charge is 0.175 e. The Morgan fingerprint density at radius 2 is 1.93 bits per heavy atom. The van der Waals surface area contributed by atoms with Crippen LogP contribution in [0.5, 0.6) is 0 Å². The zero-order valence-corrected chi connectivity index (χ0v) is 11.8. The van der Waals surface area contributed by atoms with Gasteiger partial charge in [-0.15, -0.1) is 0 Å². The lowest BCUT2D eigenvalue weighted by atomic mass is 9.95. The van der Waals surface area contributed by atoms with E-state index in [9.17, 15) is 0 Å². The van der Waals surface area contributed by atoms with E-state index in [-0.39, 0.29) is 9.84 Å². The lowest BCUT2D eigenvalue weighted by Crippen LogP contribution is -2.68. The summed E-state index contributed by atoms with van der Waals surface area (Å²) in [4.78, 5) is 0. The first-order chi connectivity index (χ1) is 7.33. The van der Waals surface area contributed by atoms with Crippen LogP contribution in [0.1, 0.15) is 58.3 Å². The fraction of sp³-hybridized carbons (Fsp3) is 1.00. The first-order valence-corrected chi connectivity index (χ1v) is 8.05. The molecule has 1 heterocycles. The Balaban J connectivity index is 1.80. The summed E-state index contributed by atoms with van der Waals surface area (Å²) in [6, 6.07) is 0.975. The highest BCUT2D eigenvalue weighted by Crippen LogP contribution is 2.30. The topological polar surface area (TPSA) is 6.48 Å². The van der Waals surface area contributed by atoms with Crippen molar-refractivity contribution in [3.05, 3.63) is 0 Å². The second kappa shape index (κ2) is 5.46. The largest absolute Gasteiger partial charge is 0.305 e. The number of unbranched alkanes of at least 4 members (excludes halogenated alkanes) is 1. The molecule has 1 aliphatic carbocycles. The second-order valence-electron chi connectivity index (χ2n) is 5.33. The van der Waals surface area contributed by atoms with E-state index in [0.29, 0.717) is 0 Å². The highest BCUT2D eigenvalue weighted by Gasteiger charge is 2.37. The molecule has 0 radical (unpaired) electrons. The minimum absolute atomic E-state index is 0.0103. The third-order valence-corrected chi connectivity index (χ3v) is 6.27. The summed E-state index contributed by atoms with van der Waals surface area (Å²) in [6.07, 6.45) is 12.4. The van der Waals surface area contributed by atoms with Gasteiger partial charge in [-0.3, -0.25) is 4.57 Å². The minimum Gasteiger partial charge on any atom is -0.305 e. The molecule has 1 atom stereocenters. The molecule has 1 unspecified atom stereocenters. The maximum atomic E-state index is 2.90. The molecule has 88 valence electrons. The summed E-state index contributed by atoms with van der Waals surface area (Å²) in [5.41, 5.74) is 0. The quantitative estimate of drug-likeness (QED) is 0.677. The Kier molecular flexibility index (Phi) is 4.23. The highest BCUT2D eigenvalue weighted by molar-refractivity contribution is 6.32. The second-order valence-corrected chi connectivity index (χ2v) is 7.34. The van der Waals surface area contributed by atoms with E-state index in [2.05, 4.69) is 23.1 Å². The van der Waals surface area contributed by atoms with E-state index in [4.69, 9.17) is 0 Å². The van der Waals surface area contributed by atoms with E-state index in [1.54, 1.807) is 0 Å². The van der Waals surface area contributed by atoms with Crippen molar-refractivity contribution in [1.29, 1.82) is 0 Å². The zero-order chi connectivity index (χ0) is 10.7. The standard InChI is InChI=1S/C12H26N2Si/c1-3-4-10-12-13(2)15-14(12)11-8-6-5-7-9-11/h11-12H,3-10,15H2,1-2H3. The van der Waals surface area contributed by atoms with Crippen LogP contribution in [-0.4, -0.2) is 38.2 Å². The molecule has 2 nitrogen and oxygen atoms in total. The average molecular weight is 226 g/mol. The van der Waals surface area contributed by atoms with Crippen molar-refractivity contribution in [2.24, 2.45) is 0 Å². The number of hydrogen-bond acceptors (Lipinski definition) is 2. The molecule has 3 heteroatoms. The maximum absolute atomic E-state index is 2.90.